The van der Waals surface area contributed by atoms with Gasteiger partial charge >= 0.3 is 12.1 Å². The van der Waals surface area contributed by atoms with Crippen molar-refractivity contribution in [1.29, 1.82) is 0 Å². The third-order valence-corrected chi connectivity index (χ3v) is 4.67. The number of hydrogen-bond acceptors (Lipinski definition) is 4. The molecule has 32 heavy (non-hydrogen) atoms. The molecule has 0 bridgehead atoms. The third-order valence-electron chi connectivity index (χ3n) is 4.67. The van der Waals surface area contributed by atoms with E-state index in [2.05, 4.69) is 10.3 Å². The molecule has 0 spiro atoms. The first-order valence-corrected chi connectivity index (χ1v) is 9.32. The molecule has 0 radical (unpaired) electrons. The summed E-state index contributed by atoms with van der Waals surface area (Å²) in [6.45, 7) is 2.21. The number of aromatic nitrogens is 1. The van der Waals surface area contributed by atoms with E-state index in [1.54, 1.807) is 12.1 Å². The summed E-state index contributed by atoms with van der Waals surface area (Å²) < 4.78 is 58.5. The largest absolute Gasteiger partial charge is 0.486 e. The highest BCUT2D eigenvalue weighted by Crippen LogP contribution is 2.33. The minimum atomic E-state index is -4.54. The summed E-state index contributed by atoms with van der Waals surface area (Å²) in [6, 6.07) is 9.04. The number of hydrogen-bond donors (Lipinski definition) is 2. The number of aliphatic carboxylic acids is 1. The number of nitrogens with zero attached hydrogens (tertiary/aromatic N) is 1. The van der Waals surface area contributed by atoms with Crippen molar-refractivity contribution in [2.75, 3.05) is 0 Å². The lowest BCUT2D eigenvalue weighted by atomic mass is 10.0. The normalized spacial score (nSPS) is 11.9. The Morgan fingerprint density at radius 1 is 1.09 bits per heavy atom. The van der Waals surface area contributed by atoms with Crippen molar-refractivity contribution in [1.82, 2.24) is 10.3 Å². The van der Waals surface area contributed by atoms with E-state index in [1.165, 1.54) is 26.0 Å². The molecule has 2 N–H and O–H groups in total. The Morgan fingerprint density at radius 2 is 1.75 bits per heavy atom. The molecule has 168 valence electrons. The Hall–Kier alpha value is -3.69. The minimum absolute atomic E-state index is 0.0533. The van der Waals surface area contributed by atoms with E-state index >= 15 is 0 Å². The van der Waals surface area contributed by atoms with Gasteiger partial charge < -0.3 is 15.2 Å². The van der Waals surface area contributed by atoms with Crippen LogP contribution in [0.15, 0.2) is 48.7 Å². The predicted molar refractivity (Wildman–Crippen MR) is 107 cm³/mol. The molecule has 1 aromatic heterocycles. The first-order chi connectivity index (χ1) is 14.9. The molecule has 6 nitrogen and oxygen atoms in total. The third kappa shape index (κ3) is 4.79. The molecule has 10 heteroatoms. The summed E-state index contributed by atoms with van der Waals surface area (Å²) >= 11 is 0. The van der Waals surface area contributed by atoms with Gasteiger partial charge in [-0.2, -0.15) is 13.2 Å². The van der Waals surface area contributed by atoms with Crippen LogP contribution in [0.25, 0.3) is 10.8 Å². The van der Waals surface area contributed by atoms with Gasteiger partial charge in [0, 0.05) is 17.0 Å². The van der Waals surface area contributed by atoms with Gasteiger partial charge in [-0.25, -0.2) is 9.18 Å². The van der Waals surface area contributed by atoms with E-state index < -0.39 is 35.0 Å². The van der Waals surface area contributed by atoms with Crippen molar-refractivity contribution in [3.05, 3.63) is 71.3 Å². The van der Waals surface area contributed by atoms with E-state index in [0.717, 1.165) is 18.2 Å². The highest BCUT2D eigenvalue weighted by molar-refractivity contribution is 6.05. The average Bonchev–Trinajstić information content (AvgIpc) is 2.72. The van der Waals surface area contributed by atoms with E-state index in [-0.39, 0.29) is 34.4 Å². The van der Waals surface area contributed by atoms with Gasteiger partial charge in [0.05, 0.1) is 16.8 Å². The maximum absolute atomic E-state index is 14.6. The highest BCUT2D eigenvalue weighted by Gasteiger charge is 2.32. The fourth-order valence-electron chi connectivity index (χ4n) is 2.86. The fourth-order valence-corrected chi connectivity index (χ4v) is 2.86. The molecule has 0 aliphatic rings. The van der Waals surface area contributed by atoms with Crippen LogP contribution in [-0.4, -0.2) is 27.5 Å². The minimum Gasteiger partial charge on any atom is -0.486 e. The van der Waals surface area contributed by atoms with Crippen LogP contribution >= 0.6 is 0 Å². The lowest BCUT2D eigenvalue weighted by Crippen LogP contribution is -2.49. The zero-order valence-corrected chi connectivity index (χ0v) is 17.0. The van der Waals surface area contributed by atoms with Crippen LogP contribution in [0, 0.1) is 5.82 Å². The molecular formula is C22H18F4N2O4. The van der Waals surface area contributed by atoms with Gasteiger partial charge in [0.25, 0.3) is 5.91 Å². The number of halogens is 4. The summed E-state index contributed by atoms with van der Waals surface area (Å²) in [7, 11) is 0. The molecule has 0 aliphatic carbocycles. The zero-order valence-electron chi connectivity index (χ0n) is 17.0. The number of carboxylic acids is 1. The molecule has 0 atom stereocenters. The van der Waals surface area contributed by atoms with Gasteiger partial charge in [-0.15, -0.1) is 0 Å². The van der Waals surface area contributed by atoms with Crippen LogP contribution in [0.4, 0.5) is 17.6 Å². The number of benzene rings is 2. The van der Waals surface area contributed by atoms with E-state index in [1.807, 2.05) is 0 Å². The molecule has 0 saturated carbocycles. The van der Waals surface area contributed by atoms with Crippen LogP contribution in [0.1, 0.15) is 35.5 Å². The molecule has 0 fully saturated rings. The fraction of sp³-hybridized carbons (Fsp3) is 0.227. The first-order valence-electron chi connectivity index (χ1n) is 9.32. The standard InChI is InChI=1S/C22H18F4N2O4/c1-21(2,20(30)31)28-19(29)16-9-17(23)14-5-3-4-6-15(14)18(16)32-11-13-8-7-12(10-27-13)22(24,25)26/h3-10H,11H2,1-2H3,(H,28,29)(H,30,31). The molecule has 0 unspecified atom stereocenters. The summed E-state index contributed by atoms with van der Waals surface area (Å²) in [5, 5.41) is 11.9. The van der Waals surface area contributed by atoms with Gasteiger partial charge in [0.15, 0.2) is 0 Å². The molecule has 0 aliphatic heterocycles. The Labute approximate surface area is 179 Å². The van der Waals surface area contributed by atoms with Crippen molar-refractivity contribution in [2.24, 2.45) is 0 Å². The maximum Gasteiger partial charge on any atom is 0.417 e. The van der Waals surface area contributed by atoms with Gasteiger partial charge in [0.1, 0.15) is 23.7 Å². The summed E-state index contributed by atoms with van der Waals surface area (Å²) in [6.07, 6.45) is -3.88. The van der Waals surface area contributed by atoms with E-state index in [0.29, 0.717) is 6.20 Å². The summed E-state index contributed by atoms with van der Waals surface area (Å²) in [5.41, 5.74) is -2.69. The number of ether oxygens (including phenoxy) is 1. The SMILES string of the molecule is CC(C)(NC(=O)c1cc(F)c2ccccc2c1OCc1ccc(C(F)(F)F)cn1)C(=O)O. The lowest BCUT2D eigenvalue weighted by Gasteiger charge is -2.22. The van der Waals surface area contributed by atoms with Crippen LogP contribution < -0.4 is 10.1 Å². The second-order valence-electron chi connectivity index (χ2n) is 7.49. The van der Waals surface area contributed by atoms with E-state index in [4.69, 9.17) is 4.74 Å². The Balaban J connectivity index is 1.99. The molecule has 0 saturated heterocycles. The molecule has 1 amide bonds. The number of rotatable bonds is 6. The zero-order chi connectivity index (χ0) is 23.7. The summed E-state index contributed by atoms with van der Waals surface area (Å²) in [4.78, 5) is 27.9. The number of pyridine rings is 1. The van der Waals surface area contributed by atoms with E-state index in [9.17, 15) is 32.3 Å². The number of nitrogens with one attached hydrogen (secondary N) is 1. The number of carboxylic acid groups (broad SMARTS) is 1. The predicted octanol–water partition coefficient (Wildman–Crippen LogP) is 4.56. The first kappa shape index (κ1) is 23.0. The van der Waals surface area contributed by atoms with Crippen LogP contribution in [0.2, 0.25) is 0 Å². The number of carbonyl (C=O) groups is 2. The van der Waals surface area contributed by atoms with Crippen LogP contribution in [0.5, 0.6) is 5.75 Å². The number of alkyl halides is 3. The highest BCUT2D eigenvalue weighted by atomic mass is 19.4. The second-order valence-corrected chi connectivity index (χ2v) is 7.49. The Morgan fingerprint density at radius 3 is 2.31 bits per heavy atom. The smallest absolute Gasteiger partial charge is 0.417 e. The van der Waals surface area contributed by atoms with Gasteiger partial charge in [-0.1, -0.05) is 24.3 Å². The maximum atomic E-state index is 14.6. The number of fused-ring (bicyclic) bond motifs is 1. The lowest BCUT2D eigenvalue weighted by molar-refractivity contribution is -0.143. The quantitative estimate of drug-likeness (QED) is 0.538. The second kappa shape index (κ2) is 8.45. The monoisotopic (exact) mass is 450 g/mol. The van der Waals surface area contributed by atoms with Crippen LogP contribution in [0.3, 0.4) is 0 Å². The van der Waals surface area contributed by atoms with Crippen molar-refractivity contribution in [2.45, 2.75) is 32.2 Å². The number of carbonyl (C=O) groups excluding carboxylic acids is 1. The molecule has 1 heterocycles. The number of amides is 1. The van der Waals surface area contributed by atoms with Crippen LogP contribution in [-0.2, 0) is 17.6 Å². The summed E-state index contributed by atoms with van der Waals surface area (Å²) in [5.74, 6) is -2.97. The average molecular weight is 450 g/mol. The molecule has 3 aromatic rings. The molecule has 3 rings (SSSR count). The van der Waals surface area contributed by atoms with Crippen molar-refractivity contribution < 1.29 is 37.0 Å². The van der Waals surface area contributed by atoms with Crippen molar-refractivity contribution in [3.63, 3.8) is 0 Å². The van der Waals surface area contributed by atoms with Crippen molar-refractivity contribution >= 4 is 22.6 Å². The van der Waals surface area contributed by atoms with Gasteiger partial charge in [-0.3, -0.25) is 9.78 Å². The molecular weight excluding hydrogens is 432 g/mol. The molecule has 2 aromatic carbocycles. The van der Waals surface area contributed by atoms with Gasteiger partial charge in [0.2, 0.25) is 0 Å². The Kier molecular flexibility index (Phi) is 6.07. The van der Waals surface area contributed by atoms with Gasteiger partial charge in [-0.05, 0) is 32.0 Å². The Bertz CT molecular complexity index is 1180. The van der Waals surface area contributed by atoms with Crippen molar-refractivity contribution in [3.8, 4) is 5.75 Å². The topological polar surface area (TPSA) is 88.5 Å².